The van der Waals surface area contributed by atoms with Crippen LogP contribution >= 0.6 is 23.1 Å². The molecule has 2 aromatic heterocycles. The molecule has 21 heavy (non-hydrogen) atoms. The number of nitrogen functional groups attached to an aromatic ring is 1. The SMILES string of the molecule is CCc1nnc(NC(=O)C(C)Sc2nc(N)cc(=O)[nH]2)s1. The molecule has 8 nitrogen and oxygen atoms in total. The Balaban J connectivity index is 2.00. The normalized spacial score (nSPS) is 12.1. The number of aryl methyl sites for hydroxylation is 1. The monoisotopic (exact) mass is 326 g/mol. The van der Waals surface area contributed by atoms with Crippen LogP contribution in [0.2, 0.25) is 0 Å². The second kappa shape index (κ2) is 6.68. The van der Waals surface area contributed by atoms with Gasteiger partial charge >= 0.3 is 0 Å². The lowest BCUT2D eigenvalue weighted by atomic mass is 10.4. The summed E-state index contributed by atoms with van der Waals surface area (Å²) in [6, 6.07) is 1.18. The van der Waals surface area contributed by atoms with Gasteiger partial charge in [0.15, 0.2) is 5.16 Å². The van der Waals surface area contributed by atoms with Gasteiger partial charge < -0.3 is 10.7 Å². The molecular weight excluding hydrogens is 312 g/mol. The number of rotatable bonds is 5. The number of hydrogen-bond acceptors (Lipinski definition) is 8. The van der Waals surface area contributed by atoms with Gasteiger partial charge in [0.05, 0.1) is 5.25 Å². The van der Waals surface area contributed by atoms with Crippen molar-refractivity contribution < 1.29 is 4.79 Å². The maximum absolute atomic E-state index is 12.0. The Labute approximate surface area is 128 Å². The molecule has 1 amide bonds. The van der Waals surface area contributed by atoms with E-state index in [9.17, 15) is 9.59 Å². The second-order valence-electron chi connectivity index (χ2n) is 4.08. The minimum Gasteiger partial charge on any atom is -0.383 e. The third-order valence-corrected chi connectivity index (χ3v) is 4.36. The van der Waals surface area contributed by atoms with Gasteiger partial charge in [-0.15, -0.1) is 10.2 Å². The lowest BCUT2D eigenvalue weighted by Gasteiger charge is -2.09. The summed E-state index contributed by atoms with van der Waals surface area (Å²) >= 11 is 2.44. The van der Waals surface area contributed by atoms with Crippen molar-refractivity contribution in [3.05, 3.63) is 21.4 Å². The number of anilines is 2. The molecule has 0 bridgehead atoms. The molecule has 2 aromatic rings. The van der Waals surface area contributed by atoms with Gasteiger partial charge in [0.1, 0.15) is 10.8 Å². The quantitative estimate of drug-likeness (QED) is 0.550. The molecule has 1 atom stereocenters. The molecule has 112 valence electrons. The van der Waals surface area contributed by atoms with Crippen molar-refractivity contribution in [1.29, 1.82) is 0 Å². The molecule has 0 saturated carbocycles. The number of nitrogens with one attached hydrogen (secondary N) is 2. The predicted octanol–water partition coefficient (Wildman–Crippen LogP) is 0.885. The summed E-state index contributed by atoms with van der Waals surface area (Å²) in [5.41, 5.74) is 5.14. The Hall–Kier alpha value is -1.94. The minimum atomic E-state index is -0.469. The zero-order valence-corrected chi connectivity index (χ0v) is 13.0. The largest absolute Gasteiger partial charge is 0.383 e. The lowest BCUT2D eigenvalue weighted by molar-refractivity contribution is -0.115. The fourth-order valence-corrected chi connectivity index (χ4v) is 2.89. The van der Waals surface area contributed by atoms with Crippen LogP contribution < -0.4 is 16.6 Å². The molecule has 2 heterocycles. The Bertz CT molecular complexity index is 698. The molecule has 2 rings (SSSR count). The maximum atomic E-state index is 12.0. The molecular formula is C11H14N6O2S2. The maximum Gasteiger partial charge on any atom is 0.253 e. The van der Waals surface area contributed by atoms with E-state index in [1.165, 1.54) is 17.4 Å². The third-order valence-electron chi connectivity index (χ3n) is 2.40. The van der Waals surface area contributed by atoms with E-state index in [2.05, 4.69) is 25.5 Å². The van der Waals surface area contributed by atoms with Crippen LogP contribution in [0, 0.1) is 0 Å². The van der Waals surface area contributed by atoms with Crippen LogP contribution in [0.3, 0.4) is 0 Å². The summed E-state index contributed by atoms with van der Waals surface area (Å²) in [6.07, 6.45) is 0.770. The van der Waals surface area contributed by atoms with E-state index in [1.54, 1.807) is 6.92 Å². The summed E-state index contributed by atoms with van der Waals surface area (Å²) in [4.78, 5) is 29.8. The first-order valence-corrected chi connectivity index (χ1v) is 7.84. The van der Waals surface area contributed by atoms with E-state index < -0.39 is 5.25 Å². The first kappa shape index (κ1) is 15.4. The molecule has 1 unspecified atom stereocenters. The highest BCUT2D eigenvalue weighted by Crippen LogP contribution is 2.21. The fourth-order valence-electron chi connectivity index (χ4n) is 1.38. The average molecular weight is 326 g/mol. The molecule has 0 aliphatic rings. The third kappa shape index (κ3) is 4.26. The summed E-state index contributed by atoms with van der Waals surface area (Å²) in [5.74, 6) is -0.130. The first-order valence-electron chi connectivity index (χ1n) is 6.14. The van der Waals surface area contributed by atoms with Crippen molar-refractivity contribution >= 4 is 40.0 Å². The van der Waals surface area contributed by atoms with Crippen LogP contribution in [0.15, 0.2) is 16.0 Å². The van der Waals surface area contributed by atoms with E-state index in [0.29, 0.717) is 10.3 Å². The molecule has 0 spiro atoms. The van der Waals surface area contributed by atoms with Crippen molar-refractivity contribution in [3.8, 4) is 0 Å². The number of carbonyl (C=O) groups excluding carboxylic acids is 1. The summed E-state index contributed by atoms with van der Waals surface area (Å²) < 4.78 is 0. The number of thioether (sulfide) groups is 1. The standard InChI is InChI=1S/C11H14N6O2S2/c1-3-8-16-17-11(21-8)15-9(19)5(2)20-10-13-6(12)4-7(18)14-10/h4-5H,3H2,1-2H3,(H,15,17,19)(H3,12,13,14,18). The number of nitrogens with two attached hydrogens (primary N) is 1. The minimum absolute atomic E-state index is 0.116. The van der Waals surface area contributed by atoms with Gasteiger partial charge in [0.25, 0.3) is 5.56 Å². The average Bonchev–Trinajstić information content (AvgIpc) is 2.85. The summed E-state index contributed by atoms with van der Waals surface area (Å²) in [5, 5.41) is 11.6. The second-order valence-corrected chi connectivity index (χ2v) is 6.47. The zero-order valence-electron chi connectivity index (χ0n) is 11.4. The molecule has 0 aliphatic heterocycles. The van der Waals surface area contributed by atoms with E-state index in [0.717, 1.165) is 23.2 Å². The van der Waals surface area contributed by atoms with Gasteiger partial charge in [0, 0.05) is 6.07 Å². The van der Waals surface area contributed by atoms with E-state index >= 15 is 0 Å². The highest BCUT2D eigenvalue weighted by atomic mass is 32.2. The van der Waals surface area contributed by atoms with Crippen molar-refractivity contribution in [2.45, 2.75) is 30.7 Å². The number of H-pyrrole nitrogens is 1. The molecule has 0 aliphatic carbocycles. The van der Waals surface area contributed by atoms with Crippen LogP contribution in [-0.4, -0.2) is 31.3 Å². The molecule has 0 radical (unpaired) electrons. The molecule has 0 saturated heterocycles. The number of carbonyl (C=O) groups is 1. The lowest BCUT2D eigenvalue weighted by Crippen LogP contribution is -2.23. The summed E-state index contributed by atoms with van der Waals surface area (Å²) in [7, 11) is 0. The van der Waals surface area contributed by atoms with Crippen LogP contribution in [-0.2, 0) is 11.2 Å². The van der Waals surface area contributed by atoms with Gasteiger partial charge in [-0.05, 0) is 13.3 Å². The van der Waals surface area contributed by atoms with Crippen molar-refractivity contribution in [3.63, 3.8) is 0 Å². The fraction of sp³-hybridized carbons (Fsp3) is 0.364. The number of nitrogens with zero attached hydrogens (tertiary/aromatic N) is 3. The Morgan fingerprint density at radius 3 is 2.95 bits per heavy atom. The van der Waals surface area contributed by atoms with E-state index in [-0.39, 0.29) is 17.3 Å². The Morgan fingerprint density at radius 1 is 1.57 bits per heavy atom. The van der Waals surface area contributed by atoms with E-state index in [1.807, 2.05) is 6.92 Å². The van der Waals surface area contributed by atoms with E-state index in [4.69, 9.17) is 5.73 Å². The number of amides is 1. The smallest absolute Gasteiger partial charge is 0.253 e. The Morgan fingerprint density at radius 2 is 2.33 bits per heavy atom. The van der Waals surface area contributed by atoms with Crippen molar-refractivity contribution in [2.24, 2.45) is 0 Å². The highest BCUT2D eigenvalue weighted by Gasteiger charge is 2.17. The van der Waals surface area contributed by atoms with Crippen LogP contribution in [0.5, 0.6) is 0 Å². The van der Waals surface area contributed by atoms with Gasteiger partial charge in [-0.3, -0.25) is 14.9 Å². The van der Waals surface area contributed by atoms with Crippen LogP contribution in [0.1, 0.15) is 18.9 Å². The topological polar surface area (TPSA) is 127 Å². The summed E-state index contributed by atoms with van der Waals surface area (Å²) in [6.45, 7) is 3.66. The van der Waals surface area contributed by atoms with Gasteiger partial charge in [-0.1, -0.05) is 30.0 Å². The molecule has 10 heteroatoms. The Kier molecular flexibility index (Phi) is 4.91. The number of aromatic nitrogens is 4. The zero-order chi connectivity index (χ0) is 15.4. The van der Waals surface area contributed by atoms with Gasteiger partial charge in [0.2, 0.25) is 11.0 Å². The first-order chi connectivity index (χ1) is 9.97. The molecule has 0 aromatic carbocycles. The number of hydrogen-bond donors (Lipinski definition) is 3. The van der Waals surface area contributed by atoms with Crippen LogP contribution in [0.25, 0.3) is 0 Å². The van der Waals surface area contributed by atoms with Gasteiger partial charge in [-0.25, -0.2) is 4.98 Å². The number of aromatic amines is 1. The van der Waals surface area contributed by atoms with Crippen molar-refractivity contribution in [1.82, 2.24) is 20.2 Å². The predicted molar refractivity (Wildman–Crippen MR) is 82.5 cm³/mol. The highest BCUT2D eigenvalue weighted by molar-refractivity contribution is 8.00. The van der Waals surface area contributed by atoms with Crippen LogP contribution in [0.4, 0.5) is 10.9 Å². The van der Waals surface area contributed by atoms with Crippen molar-refractivity contribution in [2.75, 3.05) is 11.1 Å². The molecule has 0 fully saturated rings. The molecule has 4 N–H and O–H groups in total. The van der Waals surface area contributed by atoms with Gasteiger partial charge in [-0.2, -0.15) is 0 Å².